The third kappa shape index (κ3) is 2.69. The highest BCUT2D eigenvalue weighted by atomic mass is 16.5. The van der Waals surface area contributed by atoms with Gasteiger partial charge in [0.25, 0.3) is 0 Å². The quantitative estimate of drug-likeness (QED) is 0.665. The summed E-state index contributed by atoms with van der Waals surface area (Å²) in [4.78, 5) is 13.3. The Labute approximate surface area is 85.4 Å². The first-order valence-corrected chi connectivity index (χ1v) is 4.94. The maximum Gasteiger partial charge on any atom is 0.236 e. The highest BCUT2D eigenvalue weighted by molar-refractivity contribution is 5.78. The Hall–Kier alpha value is -0.610. The first-order chi connectivity index (χ1) is 6.26. The van der Waals surface area contributed by atoms with E-state index in [-0.39, 0.29) is 23.7 Å². The summed E-state index contributed by atoms with van der Waals surface area (Å²) in [5.74, 6) is -0.00514. The number of amides is 1. The molecular formula is C10H20N2O2. The van der Waals surface area contributed by atoms with Gasteiger partial charge < -0.3 is 15.4 Å². The van der Waals surface area contributed by atoms with Crippen LogP contribution in [0.2, 0.25) is 0 Å². The molecule has 2 N–H and O–H groups in total. The van der Waals surface area contributed by atoms with Gasteiger partial charge in [-0.3, -0.25) is 4.79 Å². The van der Waals surface area contributed by atoms with E-state index in [9.17, 15) is 4.79 Å². The molecule has 0 spiro atoms. The van der Waals surface area contributed by atoms with Crippen LogP contribution in [0.4, 0.5) is 0 Å². The smallest absolute Gasteiger partial charge is 0.236 e. The van der Waals surface area contributed by atoms with E-state index in [2.05, 4.69) is 0 Å². The van der Waals surface area contributed by atoms with Crippen LogP contribution in [0, 0.1) is 0 Å². The summed E-state index contributed by atoms with van der Waals surface area (Å²) in [7, 11) is 0. The van der Waals surface area contributed by atoms with E-state index in [1.165, 1.54) is 0 Å². The lowest BCUT2D eigenvalue weighted by Crippen LogP contribution is -2.59. The highest BCUT2D eigenvalue weighted by Crippen LogP contribution is 2.27. The average Bonchev–Trinajstić information content (AvgIpc) is 1.97. The predicted octanol–water partition coefficient (Wildman–Crippen LogP) is 0.361. The van der Waals surface area contributed by atoms with E-state index in [1.54, 1.807) is 4.90 Å². The van der Waals surface area contributed by atoms with Crippen molar-refractivity contribution in [3.8, 4) is 0 Å². The Morgan fingerprint density at radius 3 is 2.07 bits per heavy atom. The number of morpholine rings is 1. The molecule has 1 rings (SSSR count). The van der Waals surface area contributed by atoms with Gasteiger partial charge in [0.1, 0.15) is 0 Å². The fourth-order valence-electron chi connectivity index (χ4n) is 2.09. The molecule has 0 aliphatic carbocycles. The van der Waals surface area contributed by atoms with Crippen LogP contribution in [0.25, 0.3) is 0 Å². The number of nitrogens with zero attached hydrogens (tertiary/aromatic N) is 1. The van der Waals surface area contributed by atoms with Gasteiger partial charge in [-0.2, -0.15) is 0 Å². The van der Waals surface area contributed by atoms with Gasteiger partial charge in [0.05, 0.1) is 17.7 Å². The predicted molar refractivity (Wildman–Crippen MR) is 54.9 cm³/mol. The lowest BCUT2D eigenvalue weighted by Gasteiger charge is -2.47. The third-order valence-electron chi connectivity index (χ3n) is 2.22. The third-order valence-corrected chi connectivity index (χ3v) is 2.22. The minimum atomic E-state index is -0.285. The van der Waals surface area contributed by atoms with E-state index in [0.29, 0.717) is 13.1 Å². The van der Waals surface area contributed by atoms with Crippen molar-refractivity contribution < 1.29 is 9.53 Å². The number of ether oxygens (including phenoxy) is 1. The summed E-state index contributed by atoms with van der Waals surface area (Å²) in [6, 6.07) is 0. The number of nitrogens with two attached hydrogens (primary N) is 1. The van der Waals surface area contributed by atoms with Crippen molar-refractivity contribution in [2.45, 2.75) is 38.9 Å². The molecule has 14 heavy (non-hydrogen) atoms. The summed E-state index contributed by atoms with van der Waals surface area (Å²) in [6.45, 7) is 9.27. The second-order valence-electron chi connectivity index (χ2n) is 5.08. The summed E-state index contributed by atoms with van der Waals surface area (Å²) in [5.41, 5.74) is 4.78. The Morgan fingerprint density at radius 2 is 1.71 bits per heavy atom. The SMILES string of the molecule is CC1(C)CN(C(=O)CN)CC(C)(C)O1. The van der Waals surface area contributed by atoms with Crippen molar-refractivity contribution in [3.05, 3.63) is 0 Å². The normalized spacial score (nSPS) is 24.8. The van der Waals surface area contributed by atoms with Crippen molar-refractivity contribution in [2.24, 2.45) is 5.73 Å². The largest absolute Gasteiger partial charge is 0.366 e. The standard InChI is InChI=1S/C10H20N2O2/c1-9(2)6-12(8(13)5-11)7-10(3,4)14-9/h5-7,11H2,1-4H3. The van der Waals surface area contributed by atoms with Crippen LogP contribution in [0.5, 0.6) is 0 Å². The molecule has 0 aromatic heterocycles. The first kappa shape index (κ1) is 11.5. The molecule has 1 fully saturated rings. The van der Waals surface area contributed by atoms with Crippen molar-refractivity contribution in [3.63, 3.8) is 0 Å². The molecule has 0 saturated carbocycles. The van der Waals surface area contributed by atoms with Crippen molar-refractivity contribution in [1.82, 2.24) is 4.90 Å². The molecule has 0 bridgehead atoms. The van der Waals surface area contributed by atoms with Gasteiger partial charge in [0.15, 0.2) is 0 Å². The molecule has 1 saturated heterocycles. The summed E-state index contributed by atoms with van der Waals surface area (Å²) >= 11 is 0. The fourth-order valence-corrected chi connectivity index (χ4v) is 2.09. The number of hydrogen-bond acceptors (Lipinski definition) is 3. The van der Waals surface area contributed by atoms with E-state index in [0.717, 1.165) is 0 Å². The number of carbonyl (C=O) groups excluding carboxylic acids is 1. The summed E-state index contributed by atoms with van der Waals surface area (Å²) < 4.78 is 5.85. The molecule has 0 radical (unpaired) electrons. The molecule has 1 amide bonds. The van der Waals surface area contributed by atoms with Crippen molar-refractivity contribution >= 4 is 5.91 Å². The van der Waals surface area contributed by atoms with Gasteiger partial charge in [-0.15, -0.1) is 0 Å². The summed E-state index contributed by atoms with van der Waals surface area (Å²) in [5, 5.41) is 0. The zero-order valence-electron chi connectivity index (χ0n) is 9.46. The Kier molecular flexibility index (Phi) is 2.88. The van der Waals surface area contributed by atoms with Gasteiger partial charge in [-0.25, -0.2) is 0 Å². The molecule has 0 unspecified atom stereocenters. The van der Waals surface area contributed by atoms with Gasteiger partial charge in [0, 0.05) is 13.1 Å². The number of rotatable bonds is 1. The van der Waals surface area contributed by atoms with Crippen LogP contribution < -0.4 is 5.73 Å². The topological polar surface area (TPSA) is 55.6 Å². The van der Waals surface area contributed by atoms with E-state index >= 15 is 0 Å². The minimum Gasteiger partial charge on any atom is -0.366 e. The molecule has 82 valence electrons. The van der Waals surface area contributed by atoms with Gasteiger partial charge >= 0.3 is 0 Å². The van der Waals surface area contributed by atoms with E-state index in [1.807, 2.05) is 27.7 Å². The highest BCUT2D eigenvalue weighted by Gasteiger charge is 2.39. The van der Waals surface area contributed by atoms with Crippen LogP contribution in [-0.2, 0) is 9.53 Å². The molecule has 0 atom stereocenters. The molecule has 4 nitrogen and oxygen atoms in total. The molecular weight excluding hydrogens is 180 g/mol. The second-order valence-corrected chi connectivity index (χ2v) is 5.08. The van der Waals surface area contributed by atoms with Crippen LogP contribution in [0.1, 0.15) is 27.7 Å². The fraction of sp³-hybridized carbons (Fsp3) is 0.900. The van der Waals surface area contributed by atoms with Crippen LogP contribution in [-0.4, -0.2) is 41.6 Å². The molecule has 1 heterocycles. The Bertz CT molecular complexity index is 220. The maximum atomic E-state index is 11.5. The number of hydrogen-bond donors (Lipinski definition) is 1. The lowest BCUT2D eigenvalue weighted by molar-refractivity contribution is -0.187. The zero-order chi connectivity index (χ0) is 11.0. The monoisotopic (exact) mass is 200 g/mol. The van der Waals surface area contributed by atoms with Gasteiger partial charge in [0.2, 0.25) is 5.91 Å². The number of carbonyl (C=O) groups is 1. The van der Waals surface area contributed by atoms with Crippen LogP contribution in [0.15, 0.2) is 0 Å². The molecule has 0 aromatic carbocycles. The molecule has 0 aromatic rings. The van der Waals surface area contributed by atoms with E-state index in [4.69, 9.17) is 10.5 Å². The summed E-state index contributed by atoms with van der Waals surface area (Å²) in [6.07, 6.45) is 0. The minimum absolute atomic E-state index is 0.00514. The second kappa shape index (κ2) is 3.51. The maximum absolute atomic E-state index is 11.5. The van der Waals surface area contributed by atoms with Gasteiger partial charge in [-0.1, -0.05) is 0 Å². The van der Waals surface area contributed by atoms with Crippen molar-refractivity contribution in [1.29, 1.82) is 0 Å². The Balaban J connectivity index is 2.76. The first-order valence-electron chi connectivity index (χ1n) is 4.94. The molecule has 4 heteroatoms. The molecule has 1 aliphatic heterocycles. The Morgan fingerprint density at radius 1 is 1.29 bits per heavy atom. The average molecular weight is 200 g/mol. The zero-order valence-corrected chi connectivity index (χ0v) is 9.46. The molecule has 1 aliphatic rings. The van der Waals surface area contributed by atoms with Gasteiger partial charge in [-0.05, 0) is 27.7 Å². The van der Waals surface area contributed by atoms with Crippen LogP contribution >= 0.6 is 0 Å². The lowest BCUT2D eigenvalue weighted by atomic mass is 9.99. The van der Waals surface area contributed by atoms with Crippen LogP contribution in [0.3, 0.4) is 0 Å². The van der Waals surface area contributed by atoms with Crippen molar-refractivity contribution in [2.75, 3.05) is 19.6 Å². The van der Waals surface area contributed by atoms with E-state index < -0.39 is 0 Å².